The number of ether oxygens (including phenoxy) is 1. The number of aromatic nitrogens is 2. The van der Waals surface area contributed by atoms with Gasteiger partial charge in [-0.25, -0.2) is 4.98 Å². The van der Waals surface area contributed by atoms with E-state index < -0.39 is 0 Å². The van der Waals surface area contributed by atoms with Crippen LogP contribution in [0.25, 0.3) is 0 Å². The van der Waals surface area contributed by atoms with Gasteiger partial charge in [0.15, 0.2) is 0 Å². The van der Waals surface area contributed by atoms with Crippen molar-refractivity contribution in [3.8, 4) is 5.88 Å². The van der Waals surface area contributed by atoms with E-state index in [4.69, 9.17) is 10.5 Å². The van der Waals surface area contributed by atoms with E-state index in [0.717, 1.165) is 12.2 Å². The third-order valence-corrected chi connectivity index (χ3v) is 2.55. The van der Waals surface area contributed by atoms with Gasteiger partial charge in [0.1, 0.15) is 11.6 Å². The van der Waals surface area contributed by atoms with Gasteiger partial charge in [-0.3, -0.25) is 0 Å². The van der Waals surface area contributed by atoms with Gasteiger partial charge in [-0.05, 0) is 12.3 Å². The summed E-state index contributed by atoms with van der Waals surface area (Å²) in [6.07, 6.45) is 2.34. The fourth-order valence-corrected chi connectivity index (χ4v) is 1.60. The van der Waals surface area contributed by atoms with Gasteiger partial charge in [-0.2, -0.15) is 4.98 Å². The second-order valence-electron chi connectivity index (χ2n) is 4.85. The number of nitrogen functional groups attached to an aromatic ring is 1. The molecule has 1 aromatic heterocycles. The highest BCUT2D eigenvalue weighted by atomic mass is 16.5. The third kappa shape index (κ3) is 4.59. The summed E-state index contributed by atoms with van der Waals surface area (Å²) in [5.41, 5.74) is 5.73. The van der Waals surface area contributed by atoms with Crippen LogP contribution in [0.4, 0.5) is 5.82 Å². The van der Waals surface area contributed by atoms with Crippen molar-refractivity contribution < 1.29 is 4.74 Å². The maximum absolute atomic E-state index is 5.73. The summed E-state index contributed by atoms with van der Waals surface area (Å²) < 4.78 is 5.66. The number of anilines is 1. The van der Waals surface area contributed by atoms with Crippen molar-refractivity contribution >= 4 is 5.82 Å². The molecule has 1 aromatic rings. The van der Waals surface area contributed by atoms with Gasteiger partial charge in [0.2, 0.25) is 5.88 Å². The Morgan fingerprint density at radius 3 is 2.59 bits per heavy atom. The molecule has 0 spiro atoms. The zero-order chi connectivity index (χ0) is 12.8. The van der Waals surface area contributed by atoms with E-state index in [1.165, 1.54) is 6.42 Å². The molecule has 0 aromatic carbocycles. The molecular weight excluding hydrogens is 214 g/mol. The first-order valence-electron chi connectivity index (χ1n) is 6.30. The first-order valence-corrected chi connectivity index (χ1v) is 6.30. The van der Waals surface area contributed by atoms with Gasteiger partial charge >= 0.3 is 0 Å². The van der Waals surface area contributed by atoms with Crippen LogP contribution in [0.5, 0.6) is 5.88 Å². The van der Waals surface area contributed by atoms with Crippen LogP contribution in [0.15, 0.2) is 6.07 Å². The van der Waals surface area contributed by atoms with E-state index in [9.17, 15) is 0 Å². The largest absolute Gasteiger partial charge is 0.477 e. The lowest BCUT2D eigenvalue weighted by molar-refractivity contribution is 0.242. The Labute approximate surface area is 104 Å². The fraction of sp³-hybridized carbons (Fsp3) is 0.692. The number of rotatable bonds is 6. The van der Waals surface area contributed by atoms with Crippen molar-refractivity contribution in [3.63, 3.8) is 0 Å². The van der Waals surface area contributed by atoms with Gasteiger partial charge < -0.3 is 10.5 Å². The molecule has 1 atom stereocenters. The molecule has 4 nitrogen and oxygen atoms in total. The van der Waals surface area contributed by atoms with Crippen LogP contribution in [0.1, 0.15) is 52.3 Å². The van der Waals surface area contributed by atoms with Gasteiger partial charge in [0.05, 0.1) is 6.61 Å². The average Bonchev–Trinajstić information content (AvgIpc) is 2.26. The van der Waals surface area contributed by atoms with Gasteiger partial charge in [-0.15, -0.1) is 0 Å². The lowest BCUT2D eigenvalue weighted by Crippen LogP contribution is -2.11. The summed E-state index contributed by atoms with van der Waals surface area (Å²) >= 11 is 0. The van der Waals surface area contributed by atoms with E-state index >= 15 is 0 Å². The number of nitrogens with two attached hydrogens (primary N) is 1. The van der Waals surface area contributed by atoms with Crippen LogP contribution in [0, 0.1) is 5.92 Å². The van der Waals surface area contributed by atoms with E-state index in [-0.39, 0.29) is 5.92 Å². The summed E-state index contributed by atoms with van der Waals surface area (Å²) in [5, 5.41) is 0. The molecule has 96 valence electrons. The van der Waals surface area contributed by atoms with E-state index in [1.807, 2.05) is 13.8 Å². The van der Waals surface area contributed by atoms with Crippen LogP contribution in [0.3, 0.4) is 0 Å². The zero-order valence-electron chi connectivity index (χ0n) is 11.2. The molecule has 0 radical (unpaired) electrons. The molecule has 0 amide bonds. The summed E-state index contributed by atoms with van der Waals surface area (Å²) in [4.78, 5) is 8.54. The Morgan fingerprint density at radius 1 is 1.29 bits per heavy atom. The molecule has 0 fully saturated rings. The van der Waals surface area contributed by atoms with E-state index in [1.54, 1.807) is 6.07 Å². The number of nitrogens with zero attached hydrogens (tertiary/aromatic N) is 2. The Balaban J connectivity index is 2.64. The average molecular weight is 237 g/mol. The highest BCUT2D eigenvalue weighted by Crippen LogP contribution is 2.17. The minimum Gasteiger partial charge on any atom is -0.477 e. The first kappa shape index (κ1) is 13.7. The summed E-state index contributed by atoms with van der Waals surface area (Å²) in [6, 6.07) is 1.69. The highest BCUT2D eigenvalue weighted by molar-refractivity contribution is 5.33. The number of hydrogen-bond acceptors (Lipinski definition) is 4. The summed E-state index contributed by atoms with van der Waals surface area (Å²) in [6.45, 7) is 9.12. The lowest BCUT2D eigenvalue weighted by Gasteiger charge is -2.13. The van der Waals surface area contributed by atoms with Crippen molar-refractivity contribution in [2.24, 2.45) is 5.92 Å². The van der Waals surface area contributed by atoms with Crippen LogP contribution in [-0.4, -0.2) is 16.6 Å². The predicted molar refractivity (Wildman–Crippen MR) is 70.1 cm³/mol. The Hall–Kier alpha value is -1.32. The molecule has 0 saturated heterocycles. The SMILES string of the molecule is CCCC(C)COc1cc(N)nc(C(C)C)n1. The van der Waals surface area contributed by atoms with Crippen molar-refractivity contribution in [1.82, 2.24) is 9.97 Å². The Morgan fingerprint density at radius 2 is 2.00 bits per heavy atom. The molecule has 1 heterocycles. The molecule has 17 heavy (non-hydrogen) atoms. The van der Waals surface area contributed by atoms with Crippen molar-refractivity contribution in [2.45, 2.75) is 46.5 Å². The van der Waals surface area contributed by atoms with Crippen molar-refractivity contribution in [3.05, 3.63) is 11.9 Å². The summed E-state index contributed by atoms with van der Waals surface area (Å²) in [5.74, 6) is 2.60. The third-order valence-electron chi connectivity index (χ3n) is 2.55. The molecule has 1 rings (SSSR count). The predicted octanol–water partition coefficient (Wildman–Crippen LogP) is 3.00. The monoisotopic (exact) mass is 237 g/mol. The molecule has 4 heteroatoms. The van der Waals surface area contributed by atoms with Gasteiger partial charge in [0.25, 0.3) is 0 Å². The topological polar surface area (TPSA) is 61.0 Å². The molecule has 0 bridgehead atoms. The molecule has 0 aliphatic heterocycles. The zero-order valence-corrected chi connectivity index (χ0v) is 11.2. The minimum absolute atomic E-state index is 0.258. The molecule has 1 unspecified atom stereocenters. The summed E-state index contributed by atoms with van der Waals surface area (Å²) in [7, 11) is 0. The molecule has 0 saturated carbocycles. The normalized spacial score (nSPS) is 12.8. The van der Waals surface area contributed by atoms with Crippen molar-refractivity contribution in [1.29, 1.82) is 0 Å². The Kier molecular flexibility index (Phi) is 5.19. The second-order valence-corrected chi connectivity index (χ2v) is 4.85. The van der Waals surface area contributed by atoms with Crippen LogP contribution in [0.2, 0.25) is 0 Å². The highest BCUT2D eigenvalue weighted by Gasteiger charge is 2.08. The van der Waals surface area contributed by atoms with Gasteiger partial charge in [0, 0.05) is 12.0 Å². The molecule has 0 aliphatic rings. The second kappa shape index (κ2) is 6.42. The van der Waals surface area contributed by atoms with Crippen molar-refractivity contribution in [2.75, 3.05) is 12.3 Å². The first-order chi connectivity index (χ1) is 8.02. The van der Waals surface area contributed by atoms with Crippen LogP contribution in [-0.2, 0) is 0 Å². The molecule has 0 aliphatic carbocycles. The fourth-order valence-electron chi connectivity index (χ4n) is 1.60. The maximum atomic E-state index is 5.73. The van der Waals surface area contributed by atoms with Crippen LogP contribution >= 0.6 is 0 Å². The smallest absolute Gasteiger partial charge is 0.218 e. The van der Waals surface area contributed by atoms with E-state index in [0.29, 0.717) is 24.2 Å². The maximum Gasteiger partial charge on any atom is 0.218 e. The lowest BCUT2D eigenvalue weighted by atomic mass is 10.1. The van der Waals surface area contributed by atoms with E-state index in [2.05, 4.69) is 23.8 Å². The van der Waals surface area contributed by atoms with Gasteiger partial charge in [-0.1, -0.05) is 34.1 Å². The quantitative estimate of drug-likeness (QED) is 0.826. The number of hydrogen-bond donors (Lipinski definition) is 1. The molecular formula is C13H23N3O. The van der Waals surface area contributed by atoms with Crippen LogP contribution < -0.4 is 10.5 Å². The molecule has 2 N–H and O–H groups in total. The minimum atomic E-state index is 0.258. The Bertz CT molecular complexity index is 353. The standard InChI is InChI=1S/C13H23N3O/c1-5-6-10(4)8-17-12-7-11(14)15-13(16-12)9(2)3/h7,9-10H,5-6,8H2,1-4H3,(H2,14,15,16).